The van der Waals surface area contributed by atoms with E-state index >= 15 is 0 Å². The zero-order valence-electron chi connectivity index (χ0n) is 8.44. The molecule has 1 heterocycles. The number of rotatable bonds is 4. The van der Waals surface area contributed by atoms with Crippen LogP contribution in [-0.4, -0.2) is 26.2 Å². The van der Waals surface area contributed by atoms with E-state index in [2.05, 4.69) is 17.2 Å². The summed E-state index contributed by atoms with van der Waals surface area (Å²) in [5, 5.41) is 17.4. The van der Waals surface area contributed by atoms with Gasteiger partial charge in [-0.05, 0) is 5.92 Å². The van der Waals surface area contributed by atoms with Gasteiger partial charge in [-0.25, -0.2) is 0 Å². The standard InChI is InChI=1S/C9H17N3O/c1-4-7(2)9(13)5-8-6-12(3)11-10-8/h6-7,9,13H,4-5H2,1-3H3. The van der Waals surface area contributed by atoms with E-state index in [1.165, 1.54) is 0 Å². The van der Waals surface area contributed by atoms with Crippen molar-refractivity contribution in [3.8, 4) is 0 Å². The summed E-state index contributed by atoms with van der Waals surface area (Å²) < 4.78 is 1.65. The predicted molar refractivity (Wildman–Crippen MR) is 50.2 cm³/mol. The monoisotopic (exact) mass is 183 g/mol. The molecule has 4 heteroatoms. The molecule has 0 radical (unpaired) electrons. The van der Waals surface area contributed by atoms with Crippen LogP contribution >= 0.6 is 0 Å². The van der Waals surface area contributed by atoms with Gasteiger partial charge in [0.05, 0.1) is 11.8 Å². The van der Waals surface area contributed by atoms with Crippen molar-refractivity contribution in [2.75, 3.05) is 0 Å². The fourth-order valence-corrected chi connectivity index (χ4v) is 1.18. The van der Waals surface area contributed by atoms with Gasteiger partial charge in [-0.3, -0.25) is 4.68 Å². The first kappa shape index (κ1) is 10.2. The Morgan fingerprint density at radius 2 is 2.31 bits per heavy atom. The van der Waals surface area contributed by atoms with E-state index in [1.807, 2.05) is 20.2 Å². The number of aliphatic hydroxyl groups excluding tert-OH is 1. The second-order valence-corrected chi connectivity index (χ2v) is 3.54. The summed E-state index contributed by atoms with van der Waals surface area (Å²) in [5.41, 5.74) is 0.857. The van der Waals surface area contributed by atoms with E-state index in [1.54, 1.807) is 4.68 Å². The molecule has 0 aliphatic carbocycles. The van der Waals surface area contributed by atoms with Crippen molar-refractivity contribution in [1.29, 1.82) is 0 Å². The molecule has 0 aliphatic heterocycles. The van der Waals surface area contributed by atoms with Gasteiger partial charge >= 0.3 is 0 Å². The van der Waals surface area contributed by atoms with Crippen LogP contribution in [-0.2, 0) is 13.5 Å². The van der Waals surface area contributed by atoms with E-state index in [0.717, 1.165) is 12.1 Å². The zero-order valence-corrected chi connectivity index (χ0v) is 8.44. The van der Waals surface area contributed by atoms with E-state index < -0.39 is 0 Å². The number of hydrogen-bond acceptors (Lipinski definition) is 3. The Bertz CT molecular complexity index is 259. The summed E-state index contributed by atoms with van der Waals surface area (Å²) >= 11 is 0. The molecule has 0 bridgehead atoms. The lowest BCUT2D eigenvalue weighted by Gasteiger charge is -2.14. The lowest BCUT2D eigenvalue weighted by Crippen LogP contribution is -2.19. The normalized spacial score (nSPS) is 15.7. The Balaban J connectivity index is 2.49. The molecule has 1 N–H and O–H groups in total. The van der Waals surface area contributed by atoms with Crippen LogP contribution in [0.5, 0.6) is 0 Å². The Hall–Kier alpha value is -0.900. The van der Waals surface area contributed by atoms with Crippen molar-refractivity contribution in [2.24, 2.45) is 13.0 Å². The molecule has 2 unspecified atom stereocenters. The Kier molecular flexibility index (Phi) is 3.42. The molecule has 4 nitrogen and oxygen atoms in total. The number of aliphatic hydroxyl groups is 1. The molecular weight excluding hydrogens is 166 g/mol. The van der Waals surface area contributed by atoms with E-state index in [9.17, 15) is 5.11 Å². The molecule has 0 amide bonds. The third-order valence-corrected chi connectivity index (χ3v) is 2.37. The highest BCUT2D eigenvalue weighted by Gasteiger charge is 2.14. The molecule has 0 saturated heterocycles. The van der Waals surface area contributed by atoms with Gasteiger partial charge in [0.15, 0.2) is 0 Å². The minimum absolute atomic E-state index is 0.304. The minimum atomic E-state index is -0.304. The summed E-state index contributed by atoms with van der Waals surface area (Å²) in [6.45, 7) is 4.12. The summed E-state index contributed by atoms with van der Waals surface area (Å²) in [7, 11) is 1.83. The summed E-state index contributed by atoms with van der Waals surface area (Å²) in [6.07, 6.45) is 3.12. The maximum atomic E-state index is 9.70. The molecule has 13 heavy (non-hydrogen) atoms. The van der Waals surface area contributed by atoms with Crippen LogP contribution in [0.3, 0.4) is 0 Å². The Labute approximate surface area is 78.6 Å². The van der Waals surface area contributed by atoms with Gasteiger partial charge in [0.1, 0.15) is 0 Å². The average Bonchev–Trinajstić information content (AvgIpc) is 2.49. The smallest absolute Gasteiger partial charge is 0.0852 e. The van der Waals surface area contributed by atoms with Gasteiger partial charge < -0.3 is 5.11 Å². The van der Waals surface area contributed by atoms with Crippen molar-refractivity contribution >= 4 is 0 Å². The zero-order chi connectivity index (χ0) is 9.84. The van der Waals surface area contributed by atoms with Crippen molar-refractivity contribution in [2.45, 2.75) is 32.8 Å². The topological polar surface area (TPSA) is 50.9 Å². The SMILES string of the molecule is CCC(C)C(O)Cc1cn(C)nn1. The quantitative estimate of drug-likeness (QED) is 0.750. The van der Waals surface area contributed by atoms with Crippen molar-refractivity contribution in [3.05, 3.63) is 11.9 Å². The highest BCUT2D eigenvalue weighted by atomic mass is 16.3. The maximum absolute atomic E-state index is 9.70. The van der Waals surface area contributed by atoms with Gasteiger partial charge in [0, 0.05) is 19.7 Å². The van der Waals surface area contributed by atoms with E-state index in [4.69, 9.17) is 0 Å². The number of hydrogen-bond donors (Lipinski definition) is 1. The number of aromatic nitrogens is 3. The van der Waals surface area contributed by atoms with E-state index in [0.29, 0.717) is 12.3 Å². The number of aryl methyl sites for hydroxylation is 1. The number of nitrogens with zero attached hydrogens (tertiary/aromatic N) is 3. The third-order valence-electron chi connectivity index (χ3n) is 2.37. The first-order valence-corrected chi connectivity index (χ1v) is 4.66. The molecule has 1 rings (SSSR count). The maximum Gasteiger partial charge on any atom is 0.0852 e. The molecule has 0 spiro atoms. The molecule has 2 atom stereocenters. The molecule has 0 fully saturated rings. The summed E-state index contributed by atoms with van der Waals surface area (Å²) in [5.74, 6) is 0.321. The van der Waals surface area contributed by atoms with Gasteiger partial charge in [-0.15, -0.1) is 5.10 Å². The minimum Gasteiger partial charge on any atom is -0.392 e. The molecule has 74 valence electrons. The van der Waals surface area contributed by atoms with Crippen LogP contribution in [0.1, 0.15) is 26.0 Å². The average molecular weight is 183 g/mol. The molecule has 1 aromatic heterocycles. The molecule has 0 aliphatic rings. The van der Waals surface area contributed by atoms with Crippen LogP contribution in [0.4, 0.5) is 0 Å². The highest BCUT2D eigenvalue weighted by Crippen LogP contribution is 2.11. The van der Waals surface area contributed by atoms with Crippen LogP contribution in [0.2, 0.25) is 0 Å². The van der Waals surface area contributed by atoms with Gasteiger partial charge in [0.25, 0.3) is 0 Å². The Morgan fingerprint density at radius 1 is 1.62 bits per heavy atom. The lowest BCUT2D eigenvalue weighted by atomic mass is 9.98. The third kappa shape index (κ3) is 2.81. The van der Waals surface area contributed by atoms with Crippen molar-refractivity contribution < 1.29 is 5.11 Å². The Morgan fingerprint density at radius 3 is 2.77 bits per heavy atom. The second kappa shape index (κ2) is 4.37. The van der Waals surface area contributed by atoms with Crippen molar-refractivity contribution in [3.63, 3.8) is 0 Å². The van der Waals surface area contributed by atoms with Crippen LogP contribution < -0.4 is 0 Å². The first-order valence-electron chi connectivity index (χ1n) is 4.66. The lowest BCUT2D eigenvalue weighted by molar-refractivity contribution is 0.114. The summed E-state index contributed by atoms with van der Waals surface area (Å²) in [6, 6.07) is 0. The summed E-state index contributed by atoms with van der Waals surface area (Å²) in [4.78, 5) is 0. The largest absolute Gasteiger partial charge is 0.392 e. The van der Waals surface area contributed by atoms with E-state index in [-0.39, 0.29) is 6.10 Å². The van der Waals surface area contributed by atoms with Crippen LogP contribution in [0, 0.1) is 5.92 Å². The molecule has 0 aromatic carbocycles. The van der Waals surface area contributed by atoms with Gasteiger partial charge in [-0.1, -0.05) is 25.5 Å². The van der Waals surface area contributed by atoms with Gasteiger partial charge in [0.2, 0.25) is 0 Å². The fraction of sp³-hybridized carbons (Fsp3) is 0.778. The second-order valence-electron chi connectivity index (χ2n) is 3.54. The van der Waals surface area contributed by atoms with Crippen LogP contribution in [0.15, 0.2) is 6.20 Å². The fourth-order valence-electron chi connectivity index (χ4n) is 1.18. The highest BCUT2D eigenvalue weighted by molar-refractivity contribution is 4.94. The first-order chi connectivity index (χ1) is 6.13. The van der Waals surface area contributed by atoms with Gasteiger partial charge in [-0.2, -0.15) is 0 Å². The molecule has 1 aromatic rings. The predicted octanol–water partition coefficient (Wildman–Crippen LogP) is 0.765. The molecular formula is C9H17N3O. The molecule has 0 saturated carbocycles. The van der Waals surface area contributed by atoms with Crippen LogP contribution in [0.25, 0.3) is 0 Å². The van der Waals surface area contributed by atoms with Crippen molar-refractivity contribution in [1.82, 2.24) is 15.0 Å².